The number of rotatable bonds is 5. The predicted molar refractivity (Wildman–Crippen MR) is 74.3 cm³/mol. The van der Waals surface area contributed by atoms with Crippen molar-refractivity contribution >= 4 is 0 Å². The van der Waals surface area contributed by atoms with Gasteiger partial charge in [0.2, 0.25) is 0 Å². The molecule has 0 N–H and O–H groups in total. The van der Waals surface area contributed by atoms with Gasteiger partial charge in [-0.05, 0) is 24.8 Å². The van der Waals surface area contributed by atoms with Crippen molar-refractivity contribution in [2.24, 2.45) is 11.3 Å². The molecule has 1 fully saturated rings. The number of nitrogens with zero attached hydrogens (tertiary/aromatic N) is 3. The molecule has 0 bridgehead atoms. The van der Waals surface area contributed by atoms with Crippen LogP contribution in [0.1, 0.15) is 51.4 Å². The number of hydrogen-bond donors (Lipinski definition) is 0. The molecule has 1 saturated carbocycles. The van der Waals surface area contributed by atoms with Crippen LogP contribution in [-0.4, -0.2) is 28.5 Å². The zero-order valence-electron chi connectivity index (χ0n) is 12.3. The average molecular weight is 247 g/mol. The lowest BCUT2D eigenvalue weighted by Gasteiger charge is -2.17. The maximum atomic E-state index is 4.42. The molecule has 1 aliphatic carbocycles. The summed E-state index contributed by atoms with van der Waals surface area (Å²) in [6.45, 7) is 11.1. The van der Waals surface area contributed by atoms with Crippen LogP contribution in [-0.2, 0) is 6.54 Å². The van der Waals surface area contributed by atoms with E-state index in [1.54, 1.807) is 0 Å². The van der Waals surface area contributed by atoms with Crippen LogP contribution in [0.2, 0.25) is 0 Å². The van der Waals surface area contributed by atoms with Crippen molar-refractivity contribution in [2.75, 3.05) is 13.6 Å². The summed E-state index contributed by atoms with van der Waals surface area (Å²) in [6.07, 6.45) is 5.30. The summed E-state index contributed by atoms with van der Waals surface area (Å²) >= 11 is 0. The van der Waals surface area contributed by atoms with Crippen molar-refractivity contribution in [2.45, 2.75) is 46.6 Å². The molecule has 18 heavy (non-hydrogen) atoms. The Morgan fingerprint density at radius 2 is 1.89 bits per heavy atom. The quantitative estimate of drug-likeness (QED) is 0.800. The molecule has 0 saturated heterocycles. The van der Waals surface area contributed by atoms with Gasteiger partial charge in [0.25, 0.3) is 0 Å². The third-order valence-electron chi connectivity index (χ3n) is 3.94. The molecular weight excluding hydrogens is 222 g/mol. The van der Waals surface area contributed by atoms with E-state index < -0.39 is 0 Å². The molecule has 0 radical (unpaired) electrons. The second kappa shape index (κ2) is 4.96. The van der Waals surface area contributed by atoms with Crippen LogP contribution in [0.3, 0.4) is 0 Å². The molecule has 2 rings (SSSR count). The second-order valence-electron chi connectivity index (χ2n) is 6.69. The van der Waals surface area contributed by atoms with Crippen molar-refractivity contribution < 1.29 is 0 Å². The van der Waals surface area contributed by atoms with Crippen LogP contribution < -0.4 is 0 Å². The van der Waals surface area contributed by atoms with Gasteiger partial charge >= 0.3 is 0 Å². The standard InChI is InChI=1S/C15H25N3/c1-11(2)14-16-7-12(8-17-14)9-18(5)10-13-6-15(13,3)4/h7-8,11,13H,6,9-10H2,1-5H3/t13-/m0/s1. The first kappa shape index (κ1) is 13.5. The molecule has 100 valence electrons. The van der Waals surface area contributed by atoms with E-state index >= 15 is 0 Å². The Hall–Kier alpha value is -0.960. The summed E-state index contributed by atoms with van der Waals surface area (Å²) in [7, 11) is 2.19. The van der Waals surface area contributed by atoms with Gasteiger partial charge in [0, 0.05) is 37.0 Å². The molecule has 0 amide bonds. The predicted octanol–water partition coefficient (Wildman–Crippen LogP) is 3.08. The topological polar surface area (TPSA) is 29.0 Å². The molecule has 3 nitrogen and oxygen atoms in total. The molecule has 1 aromatic heterocycles. The first-order chi connectivity index (χ1) is 8.38. The first-order valence-electron chi connectivity index (χ1n) is 6.88. The molecule has 0 aromatic carbocycles. The normalized spacial score (nSPS) is 21.6. The van der Waals surface area contributed by atoms with E-state index in [1.165, 1.54) is 18.5 Å². The third-order valence-corrected chi connectivity index (χ3v) is 3.94. The fourth-order valence-corrected chi connectivity index (χ4v) is 2.38. The second-order valence-corrected chi connectivity index (χ2v) is 6.69. The minimum Gasteiger partial charge on any atom is -0.302 e. The highest BCUT2D eigenvalue weighted by molar-refractivity contribution is 5.07. The van der Waals surface area contributed by atoms with E-state index in [0.717, 1.165) is 18.3 Å². The summed E-state index contributed by atoms with van der Waals surface area (Å²) in [5, 5.41) is 0. The van der Waals surface area contributed by atoms with Crippen LogP contribution in [0, 0.1) is 11.3 Å². The lowest BCUT2D eigenvalue weighted by molar-refractivity contribution is 0.294. The smallest absolute Gasteiger partial charge is 0.130 e. The Morgan fingerprint density at radius 1 is 1.33 bits per heavy atom. The van der Waals surface area contributed by atoms with Gasteiger partial charge < -0.3 is 4.90 Å². The van der Waals surface area contributed by atoms with E-state index in [1.807, 2.05) is 12.4 Å². The summed E-state index contributed by atoms with van der Waals surface area (Å²) in [5.41, 5.74) is 1.77. The molecule has 1 aliphatic rings. The van der Waals surface area contributed by atoms with Gasteiger partial charge in [0.1, 0.15) is 5.82 Å². The third kappa shape index (κ3) is 3.29. The Kier molecular flexibility index (Phi) is 3.71. The molecule has 1 atom stereocenters. The van der Waals surface area contributed by atoms with Crippen LogP contribution in [0.25, 0.3) is 0 Å². The Morgan fingerprint density at radius 3 is 2.33 bits per heavy atom. The molecule has 1 aromatic rings. The summed E-state index contributed by atoms with van der Waals surface area (Å²) in [4.78, 5) is 11.2. The number of aromatic nitrogens is 2. The highest BCUT2D eigenvalue weighted by atomic mass is 15.1. The lowest BCUT2D eigenvalue weighted by Crippen LogP contribution is -2.22. The van der Waals surface area contributed by atoms with Crippen molar-refractivity contribution in [3.63, 3.8) is 0 Å². The molecule has 0 aliphatic heterocycles. The maximum absolute atomic E-state index is 4.42. The van der Waals surface area contributed by atoms with Crippen molar-refractivity contribution in [1.29, 1.82) is 0 Å². The van der Waals surface area contributed by atoms with Crippen LogP contribution >= 0.6 is 0 Å². The Bertz CT molecular complexity index is 395. The van der Waals surface area contributed by atoms with Crippen LogP contribution in [0.5, 0.6) is 0 Å². The minimum atomic E-state index is 0.407. The van der Waals surface area contributed by atoms with Gasteiger partial charge in [-0.2, -0.15) is 0 Å². The van der Waals surface area contributed by atoms with Gasteiger partial charge in [-0.3, -0.25) is 0 Å². The monoisotopic (exact) mass is 247 g/mol. The number of hydrogen-bond acceptors (Lipinski definition) is 3. The van der Waals surface area contributed by atoms with Gasteiger partial charge in [-0.25, -0.2) is 9.97 Å². The van der Waals surface area contributed by atoms with E-state index in [-0.39, 0.29) is 0 Å². The summed E-state index contributed by atoms with van der Waals surface area (Å²) in [6, 6.07) is 0. The Balaban J connectivity index is 1.85. The van der Waals surface area contributed by atoms with Crippen molar-refractivity contribution in [3.8, 4) is 0 Å². The highest BCUT2D eigenvalue weighted by Crippen LogP contribution is 2.51. The van der Waals surface area contributed by atoms with E-state index in [2.05, 4.69) is 49.6 Å². The van der Waals surface area contributed by atoms with Gasteiger partial charge in [0.05, 0.1) is 0 Å². The molecule has 3 heteroatoms. The molecule has 0 unspecified atom stereocenters. The summed E-state index contributed by atoms with van der Waals surface area (Å²) in [5.74, 6) is 2.20. The molecular formula is C15H25N3. The minimum absolute atomic E-state index is 0.407. The zero-order chi connectivity index (χ0) is 13.3. The fourth-order valence-electron chi connectivity index (χ4n) is 2.38. The van der Waals surface area contributed by atoms with E-state index in [0.29, 0.717) is 11.3 Å². The highest BCUT2D eigenvalue weighted by Gasteiger charge is 2.45. The zero-order valence-corrected chi connectivity index (χ0v) is 12.3. The van der Waals surface area contributed by atoms with Crippen molar-refractivity contribution in [1.82, 2.24) is 14.9 Å². The Labute approximate surface area is 111 Å². The van der Waals surface area contributed by atoms with Crippen molar-refractivity contribution in [3.05, 3.63) is 23.8 Å². The average Bonchev–Trinajstić information content (AvgIpc) is 2.86. The van der Waals surface area contributed by atoms with E-state index in [9.17, 15) is 0 Å². The van der Waals surface area contributed by atoms with Gasteiger partial charge in [-0.1, -0.05) is 27.7 Å². The lowest BCUT2D eigenvalue weighted by atomic mass is 10.1. The van der Waals surface area contributed by atoms with Gasteiger partial charge in [0.15, 0.2) is 0 Å². The SMILES string of the molecule is CC(C)c1ncc(CN(C)C[C@@H]2CC2(C)C)cn1. The fraction of sp³-hybridized carbons (Fsp3) is 0.733. The van der Waals surface area contributed by atoms with E-state index in [4.69, 9.17) is 0 Å². The molecule has 1 heterocycles. The largest absolute Gasteiger partial charge is 0.302 e. The summed E-state index contributed by atoms with van der Waals surface area (Å²) < 4.78 is 0. The van der Waals surface area contributed by atoms with Gasteiger partial charge in [-0.15, -0.1) is 0 Å². The molecule has 0 spiro atoms. The first-order valence-corrected chi connectivity index (χ1v) is 6.88. The van der Waals surface area contributed by atoms with Crippen LogP contribution in [0.4, 0.5) is 0 Å². The maximum Gasteiger partial charge on any atom is 0.130 e. The van der Waals surface area contributed by atoms with Crippen LogP contribution in [0.15, 0.2) is 12.4 Å².